The van der Waals surface area contributed by atoms with E-state index >= 15 is 0 Å². The lowest BCUT2D eigenvalue weighted by Gasteiger charge is -2.14. The summed E-state index contributed by atoms with van der Waals surface area (Å²) in [6.07, 6.45) is 0.936. The van der Waals surface area contributed by atoms with Gasteiger partial charge in [-0.1, -0.05) is 6.92 Å². The fourth-order valence-electron chi connectivity index (χ4n) is 2.40. The van der Waals surface area contributed by atoms with Crippen molar-refractivity contribution in [2.45, 2.75) is 20.3 Å². The summed E-state index contributed by atoms with van der Waals surface area (Å²) in [5.74, 6) is 1.87. The fourth-order valence-corrected chi connectivity index (χ4v) is 2.40. The number of hydrogen-bond donors (Lipinski definition) is 1. The molecule has 0 fully saturated rings. The van der Waals surface area contributed by atoms with Gasteiger partial charge in [0.25, 0.3) is 0 Å². The zero-order valence-corrected chi connectivity index (χ0v) is 12.6. The van der Waals surface area contributed by atoms with Crippen LogP contribution in [0.25, 0.3) is 10.9 Å². The number of nitrogens with zero attached hydrogens (tertiary/aromatic N) is 1. The molecule has 1 unspecified atom stereocenters. The van der Waals surface area contributed by atoms with Gasteiger partial charge in [-0.25, -0.2) is 0 Å². The van der Waals surface area contributed by atoms with Gasteiger partial charge in [0.05, 0.1) is 19.7 Å². The van der Waals surface area contributed by atoms with Crippen molar-refractivity contribution in [1.29, 1.82) is 0 Å². The third-order valence-corrected chi connectivity index (χ3v) is 3.50. The van der Waals surface area contributed by atoms with Crippen molar-refractivity contribution >= 4 is 10.9 Å². The smallest absolute Gasteiger partial charge is 0.162 e. The summed E-state index contributed by atoms with van der Waals surface area (Å²) in [7, 11) is 3.28. The van der Waals surface area contributed by atoms with Crippen LogP contribution >= 0.6 is 0 Å². The van der Waals surface area contributed by atoms with Crippen LogP contribution in [-0.2, 0) is 6.42 Å². The Kier molecular flexibility index (Phi) is 4.45. The summed E-state index contributed by atoms with van der Waals surface area (Å²) in [5, 5.41) is 1.11. The van der Waals surface area contributed by atoms with Gasteiger partial charge in [0.15, 0.2) is 11.5 Å². The minimum Gasteiger partial charge on any atom is -0.493 e. The third kappa shape index (κ3) is 2.85. The number of aromatic nitrogens is 1. The number of fused-ring (bicyclic) bond motifs is 1. The highest BCUT2D eigenvalue weighted by Gasteiger charge is 2.12. The van der Waals surface area contributed by atoms with Crippen molar-refractivity contribution < 1.29 is 9.47 Å². The Balaban J connectivity index is 2.61. The van der Waals surface area contributed by atoms with Gasteiger partial charge in [-0.3, -0.25) is 4.98 Å². The molecule has 0 aliphatic carbocycles. The number of nitrogens with two attached hydrogens (primary N) is 1. The first kappa shape index (κ1) is 14.6. The fraction of sp³-hybridized carbons (Fsp3) is 0.438. The van der Waals surface area contributed by atoms with Crippen LogP contribution in [0.4, 0.5) is 0 Å². The second-order valence-electron chi connectivity index (χ2n) is 5.19. The Labute approximate surface area is 119 Å². The molecular weight excluding hydrogens is 252 g/mol. The first-order valence-corrected chi connectivity index (χ1v) is 6.81. The zero-order chi connectivity index (χ0) is 14.7. The largest absolute Gasteiger partial charge is 0.493 e. The molecule has 0 saturated heterocycles. The minimum absolute atomic E-state index is 0.438. The molecule has 0 amide bonds. The van der Waals surface area contributed by atoms with E-state index in [4.69, 9.17) is 15.2 Å². The first-order chi connectivity index (χ1) is 9.58. The molecule has 1 aromatic heterocycles. The van der Waals surface area contributed by atoms with E-state index in [0.717, 1.165) is 28.8 Å². The molecule has 4 heteroatoms. The van der Waals surface area contributed by atoms with Gasteiger partial charge in [0.1, 0.15) is 0 Å². The summed E-state index contributed by atoms with van der Waals surface area (Å²) in [6, 6.07) is 6.05. The first-order valence-electron chi connectivity index (χ1n) is 6.81. The van der Waals surface area contributed by atoms with Crippen LogP contribution in [0.1, 0.15) is 18.2 Å². The molecular formula is C16H22N2O2. The number of ether oxygens (including phenoxy) is 2. The maximum absolute atomic E-state index is 5.74. The number of hydrogen-bond acceptors (Lipinski definition) is 4. The van der Waals surface area contributed by atoms with E-state index in [1.165, 1.54) is 5.56 Å². The van der Waals surface area contributed by atoms with Crippen LogP contribution < -0.4 is 15.2 Å². The molecule has 108 valence electrons. The molecule has 0 aliphatic heterocycles. The zero-order valence-electron chi connectivity index (χ0n) is 12.6. The number of rotatable bonds is 5. The third-order valence-electron chi connectivity index (χ3n) is 3.50. The summed E-state index contributed by atoms with van der Waals surface area (Å²) in [4.78, 5) is 4.59. The second kappa shape index (κ2) is 6.09. The summed E-state index contributed by atoms with van der Waals surface area (Å²) in [5.41, 5.74) is 8.94. The average molecular weight is 274 g/mol. The molecule has 2 aromatic rings. The molecule has 0 saturated carbocycles. The number of pyridine rings is 1. The molecule has 0 radical (unpaired) electrons. The molecule has 20 heavy (non-hydrogen) atoms. The van der Waals surface area contributed by atoms with E-state index < -0.39 is 0 Å². The highest BCUT2D eigenvalue weighted by atomic mass is 16.5. The van der Waals surface area contributed by atoms with Crippen LogP contribution in [0.15, 0.2) is 18.2 Å². The molecule has 0 spiro atoms. The number of benzene rings is 1. The maximum Gasteiger partial charge on any atom is 0.162 e. The van der Waals surface area contributed by atoms with Crippen LogP contribution in [0.5, 0.6) is 11.5 Å². The Bertz CT molecular complexity index is 611. The Hall–Kier alpha value is -1.81. The normalized spacial score (nSPS) is 12.4. The predicted molar refractivity (Wildman–Crippen MR) is 81.5 cm³/mol. The Morgan fingerprint density at radius 3 is 2.40 bits per heavy atom. The Morgan fingerprint density at radius 1 is 1.15 bits per heavy atom. The van der Waals surface area contributed by atoms with Gasteiger partial charge in [-0.2, -0.15) is 0 Å². The van der Waals surface area contributed by atoms with Crippen LogP contribution in [-0.4, -0.2) is 25.7 Å². The van der Waals surface area contributed by atoms with Crippen molar-refractivity contribution in [2.24, 2.45) is 11.7 Å². The molecule has 2 rings (SSSR count). The monoisotopic (exact) mass is 274 g/mol. The number of methoxy groups -OCH3 is 2. The molecule has 0 aliphatic rings. The van der Waals surface area contributed by atoms with Crippen molar-refractivity contribution in [1.82, 2.24) is 4.98 Å². The summed E-state index contributed by atoms with van der Waals surface area (Å²) in [6.45, 7) is 4.84. The topological polar surface area (TPSA) is 57.4 Å². The molecule has 0 bridgehead atoms. The van der Waals surface area contributed by atoms with Gasteiger partial charge >= 0.3 is 0 Å². The molecule has 4 nitrogen and oxygen atoms in total. The van der Waals surface area contributed by atoms with Crippen LogP contribution in [0.3, 0.4) is 0 Å². The summed E-state index contributed by atoms with van der Waals surface area (Å²) >= 11 is 0. The van der Waals surface area contributed by atoms with Gasteiger partial charge in [0, 0.05) is 17.1 Å². The Morgan fingerprint density at radius 2 is 1.80 bits per heavy atom. The SMILES string of the molecule is COc1cc2nc(C)cc(CC(C)CN)c2cc1OC. The van der Waals surface area contributed by atoms with Crippen molar-refractivity contribution in [3.05, 3.63) is 29.5 Å². The predicted octanol–water partition coefficient (Wildman–Crippen LogP) is 2.70. The standard InChI is InChI=1S/C16H22N2O2/c1-10(9-17)5-12-6-11(2)18-14-8-16(20-4)15(19-3)7-13(12)14/h6-8,10H,5,9,17H2,1-4H3. The van der Waals surface area contributed by atoms with Gasteiger partial charge in [-0.05, 0) is 43.5 Å². The van der Waals surface area contributed by atoms with E-state index in [0.29, 0.717) is 18.2 Å². The minimum atomic E-state index is 0.438. The number of aryl methyl sites for hydroxylation is 1. The lowest BCUT2D eigenvalue weighted by atomic mass is 9.97. The van der Waals surface area contributed by atoms with Crippen molar-refractivity contribution in [3.8, 4) is 11.5 Å². The molecule has 2 N–H and O–H groups in total. The lowest BCUT2D eigenvalue weighted by Crippen LogP contribution is -2.13. The van der Waals surface area contributed by atoms with Crippen LogP contribution in [0, 0.1) is 12.8 Å². The van der Waals surface area contributed by atoms with E-state index in [1.807, 2.05) is 19.1 Å². The lowest BCUT2D eigenvalue weighted by molar-refractivity contribution is 0.355. The highest BCUT2D eigenvalue weighted by molar-refractivity contribution is 5.86. The second-order valence-corrected chi connectivity index (χ2v) is 5.19. The van der Waals surface area contributed by atoms with Crippen LogP contribution in [0.2, 0.25) is 0 Å². The van der Waals surface area contributed by atoms with Crippen molar-refractivity contribution in [3.63, 3.8) is 0 Å². The van der Waals surface area contributed by atoms with E-state index in [2.05, 4.69) is 18.0 Å². The maximum atomic E-state index is 5.74. The van der Waals surface area contributed by atoms with E-state index in [-0.39, 0.29) is 0 Å². The van der Waals surface area contributed by atoms with Gasteiger partial charge in [0.2, 0.25) is 0 Å². The molecule has 1 atom stereocenters. The average Bonchev–Trinajstić information content (AvgIpc) is 2.45. The van der Waals surface area contributed by atoms with E-state index in [9.17, 15) is 0 Å². The quantitative estimate of drug-likeness (QED) is 0.910. The molecule has 1 aromatic carbocycles. The van der Waals surface area contributed by atoms with Gasteiger partial charge < -0.3 is 15.2 Å². The summed E-state index contributed by atoms with van der Waals surface area (Å²) < 4.78 is 10.7. The highest BCUT2D eigenvalue weighted by Crippen LogP contribution is 2.33. The van der Waals surface area contributed by atoms with Crippen molar-refractivity contribution in [2.75, 3.05) is 20.8 Å². The van der Waals surface area contributed by atoms with Gasteiger partial charge in [-0.15, -0.1) is 0 Å². The van der Waals surface area contributed by atoms with E-state index in [1.54, 1.807) is 14.2 Å². The molecule has 1 heterocycles.